The van der Waals surface area contributed by atoms with E-state index in [4.69, 9.17) is 0 Å². The molecule has 0 bridgehead atoms. The van der Waals surface area contributed by atoms with Crippen molar-refractivity contribution in [2.45, 2.75) is 69.2 Å². The highest BCUT2D eigenvalue weighted by molar-refractivity contribution is 6.00. The first-order chi connectivity index (χ1) is 8.58. The zero-order valence-electron chi connectivity index (χ0n) is 14.9. The second-order valence-electron chi connectivity index (χ2n) is 8.58. The summed E-state index contributed by atoms with van der Waals surface area (Å²) in [5, 5.41) is 0. The number of rotatable bonds is 2. The molecule has 0 heterocycles. The SMILES string of the molecule is CC(C)(C)C#CC(=O)C(C)(C)C(C)(C)C#CC(C)(C)C. The van der Waals surface area contributed by atoms with Crippen LogP contribution in [0.4, 0.5) is 0 Å². The van der Waals surface area contributed by atoms with Crippen LogP contribution in [0.5, 0.6) is 0 Å². The van der Waals surface area contributed by atoms with Crippen LogP contribution in [0.15, 0.2) is 0 Å². The highest BCUT2D eigenvalue weighted by Crippen LogP contribution is 2.39. The molecule has 0 aliphatic rings. The zero-order chi connectivity index (χ0) is 16.4. The van der Waals surface area contributed by atoms with E-state index in [1.54, 1.807) is 0 Å². The molecule has 0 rings (SSSR count). The van der Waals surface area contributed by atoms with Gasteiger partial charge in [0.2, 0.25) is 5.78 Å². The standard InChI is InChI=1S/C19H30O/c1-16(2,3)12-11-15(20)19(9,10)18(7,8)14-13-17(4,5)6/h1-10H3. The summed E-state index contributed by atoms with van der Waals surface area (Å²) in [4.78, 5) is 12.4. The summed E-state index contributed by atoms with van der Waals surface area (Å²) in [5.41, 5.74) is -1.23. The number of Topliss-reactive ketones (excluding diaryl/α,β-unsaturated/α-hetero) is 1. The van der Waals surface area contributed by atoms with E-state index in [0.29, 0.717) is 0 Å². The van der Waals surface area contributed by atoms with E-state index >= 15 is 0 Å². The maximum Gasteiger partial charge on any atom is 0.212 e. The van der Waals surface area contributed by atoms with Gasteiger partial charge >= 0.3 is 0 Å². The third kappa shape index (κ3) is 5.83. The first-order valence-corrected chi connectivity index (χ1v) is 7.20. The summed E-state index contributed by atoms with van der Waals surface area (Å²) in [6.45, 7) is 20.1. The van der Waals surface area contributed by atoms with Crippen LogP contribution in [0.1, 0.15) is 69.2 Å². The Morgan fingerprint density at radius 3 is 1.40 bits per heavy atom. The van der Waals surface area contributed by atoms with E-state index in [9.17, 15) is 4.79 Å². The number of ketones is 1. The Bertz CT molecular complexity index is 482. The topological polar surface area (TPSA) is 17.1 Å². The van der Waals surface area contributed by atoms with E-state index in [1.165, 1.54) is 0 Å². The number of hydrogen-bond acceptors (Lipinski definition) is 1. The second kappa shape index (κ2) is 5.65. The van der Waals surface area contributed by atoms with Gasteiger partial charge in [0.05, 0.1) is 5.41 Å². The lowest BCUT2D eigenvalue weighted by Gasteiger charge is -2.35. The van der Waals surface area contributed by atoms with E-state index in [0.717, 1.165) is 0 Å². The third-order valence-electron chi connectivity index (χ3n) is 3.43. The lowest BCUT2D eigenvalue weighted by atomic mass is 9.65. The van der Waals surface area contributed by atoms with Crippen molar-refractivity contribution < 1.29 is 4.79 Å². The van der Waals surface area contributed by atoms with E-state index in [2.05, 4.69) is 44.5 Å². The van der Waals surface area contributed by atoms with Gasteiger partial charge in [-0.15, -0.1) is 0 Å². The van der Waals surface area contributed by atoms with Gasteiger partial charge in [-0.2, -0.15) is 0 Å². The molecule has 0 aromatic rings. The molecule has 20 heavy (non-hydrogen) atoms. The summed E-state index contributed by atoms with van der Waals surface area (Å²) in [5.74, 6) is 12.3. The Balaban J connectivity index is 5.44. The molecule has 0 amide bonds. The maximum absolute atomic E-state index is 12.4. The van der Waals surface area contributed by atoms with Crippen molar-refractivity contribution in [1.29, 1.82) is 0 Å². The molecule has 1 heteroatoms. The van der Waals surface area contributed by atoms with Gasteiger partial charge in [0.1, 0.15) is 0 Å². The minimum atomic E-state index is -0.594. The summed E-state index contributed by atoms with van der Waals surface area (Å²) in [7, 11) is 0. The van der Waals surface area contributed by atoms with E-state index < -0.39 is 10.8 Å². The van der Waals surface area contributed by atoms with Gasteiger partial charge in [-0.3, -0.25) is 4.79 Å². The van der Waals surface area contributed by atoms with Crippen molar-refractivity contribution in [3.63, 3.8) is 0 Å². The van der Waals surface area contributed by atoms with Crippen LogP contribution in [0.3, 0.4) is 0 Å². The minimum absolute atomic E-state index is 0.0411. The first kappa shape index (κ1) is 18.8. The van der Waals surface area contributed by atoms with E-state index in [1.807, 2.05) is 48.5 Å². The zero-order valence-corrected chi connectivity index (χ0v) is 14.9. The van der Waals surface area contributed by atoms with Crippen LogP contribution >= 0.6 is 0 Å². The predicted molar refractivity (Wildman–Crippen MR) is 87.0 cm³/mol. The van der Waals surface area contributed by atoms with Crippen molar-refractivity contribution >= 4 is 5.78 Å². The fourth-order valence-corrected chi connectivity index (χ4v) is 1.18. The van der Waals surface area contributed by atoms with Gasteiger partial charge in [0, 0.05) is 16.2 Å². The molecule has 0 radical (unpaired) electrons. The fraction of sp³-hybridized carbons (Fsp3) is 0.737. The van der Waals surface area contributed by atoms with Crippen molar-refractivity contribution in [1.82, 2.24) is 0 Å². The molecule has 0 saturated carbocycles. The quantitative estimate of drug-likeness (QED) is 0.526. The van der Waals surface area contributed by atoms with Crippen LogP contribution < -0.4 is 0 Å². The summed E-state index contributed by atoms with van der Waals surface area (Å²) in [6.07, 6.45) is 0. The van der Waals surface area contributed by atoms with Crippen molar-refractivity contribution in [3.05, 3.63) is 0 Å². The Labute approximate surface area is 125 Å². The third-order valence-corrected chi connectivity index (χ3v) is 3.43. The van der Waals surface area contributed by atoms with Crippen LogP contribution in [-0.2, 0) is 4.79 Å². The van der Waals surface area contributed by atoms with Crippen molar-refractivity contribution in [2.24, 2.45) is 21.7 Å². The first-order valence-electron chi connectivity index (χ1n) is 7.20. The number of hydrogen-bond donors (Lipinski definition) is 0. The van der Waals surface area contributed by atoms with Gasteiger partial charge in [-0.05, 0) is 61.3 Å². The van der Waals surface area contributed by atoms with Crippen molar-refractivity contribution in [3.8, 4) is 23.7 Å². The van der Waals surface area contributed by atoms with Gasteiger partial charge < -0.3 is 0 Å². The van der Waals surface area contributed by atoms with Gasteiger partial charge in [0.15, 0.2) is 0 Å². The van der Waals surface area contributed by atoms with Gasteiger partial charge in [-0.1, -0.05) is 31.6 Å². The molecule has 0 saturated heterocycles. The molecule has 112 valence electrons. The number of carbonyl (C=O) groups is 1. The highest BCUT2D eigenvalue weighted by Gasteiger charge is 2.41. The minimum Gasteiger partial charge on any atom is -0.284 e. The molecule has 0 aliphatic heterocycles. The van der Waals surface area contributed by atoms with Crippen molar-refractivity contribution in [2.75, 3.05) is 0 Å². The molecule has 0 aromatic carbocycles. The lowest BCUT2D eigenvalue weighted by Crippen LogP contribution is -2.38. The molecule has 0 N–H and O–H groups in total. The fourth-order valence-electron chi connectivity index (χ4n) is 1.18. The summed E-state index contributed by atoms with van der Waals surface area (Å²) >= 11 is 0. The molecule has 0 aromatic heterocycles. The molecule has 0 atom stereocenters. The number of carbonyl (C=O) groups excluding carboxylic acids is 1. The Morgan fingerprint density at radius 1 is 0.650 bits per heavy atom. The lowest BCUT2D eigenvalue weighted by molar-refractivity contribution is -0.125. The summed E-state index contributed by atoms with van der Waals surface area (Å²) in [6, 6.07) is 0. The summed E-state index contributed by atoms with van der Waals surface area (Å²) < 4.78 is 0. The Morgan fingerprint density at radius 2 is 1.05 bits per heavy atom. The highest BCUT2D eigenvalue weighted by atomic mass is 16.1. The second-order valence-corrected chi connectivity index (χ2v) is 8.58. The maximum atomic E-state index is 12.4. The molecule has 0 fully saturated rings. The van der Waals surface area contributed by atoms with Crippen LogP contribution in [0, 0.1) is 45.3 Å². The predicted octanol–water partition coefficient (Wildman–Crippen LogP) is 4.71. The molecule has 0 spiro atoms. The molecule has 1 nitrogen and oxygen atoms in total. The average Bonchev–Trinajstić information content (AvgIpc) is 2.21. The van der Waals surface area contributed by atoms with Gasteiger partial charge in [0.25, 0.3) is 0 Å². The molecule has 0 unspecified atom stereocenters. The largest absolute Gasteiger partial charge is 0.284 e. The van der Waals surface area contributed by atoms with Gasteiger partial charge in [-0.25, -0.2) is 0 Å². The Hall–Kier alpha value is -1.21. The smallest absolute Gasteiger partial charge is 0.212 e. The van der Waals surface area contributed by atoms with Crippen LogP contribution in [0.25, 0.3) is 0 Å². The molecular formula is C19H30O. The molecule has 0 aliphatic carbocycles. The van der Waals surface area contributed by atoms with Crippen LogP contribution in [-0.4, -0.2) is 5.78 Å². The van der Waals surface area contributed by atoms with E-state index in [-0.39, 0.29) is 16.6 Å². The van der Waals surface area contributed by atoms with Crippen LogP contribution in [0.2, 0.25) is 0 Å². The average molecular weight is 274 g/mol. The normalized spacial score (nSPS) is 12.9. The molecular weight excluding hydrogens is 244 g/mol. The Kier molecular flexibility index (Phi) is 5.31. The monoisotopic (exact) mass is 274 g/mol.